The molecule has 3 unspecified atom stereocenters. The van der Waals surface area contributed by atoms with E-state index in [1.165, 1.54) is 5.56 Å². The number of nitrogens with one attached hydrogen (secondary N) is 1. The zero-order valence-corrected chi connectivity index (χ0v) is 11.9. The van der Waals surface area contributed by atoms with Crippen LogP contribution in [0.15, 0.2) is 24.3 Å². The average molecular weight is 268 g/mol. The first-order valence-corrected chi connectivity index (χ1v) is 7.19. The van der Waals surface area contributed by atoms with Crippen LogP contribution in [0.2, 0.25) is 5.02 Å². The van der Waals surface area contributed by atoms with E-state index in [1.807, 2.05) is 12.1 Å². The highest BCUT2D eigenvalue weighted by atomic mass is 35.5. The minimum Gasteiger partial charge on any atom is -0.378 e. The van der Waals surface area contributed by atoms with Gasteiger partial charge in [-0.1, -0.05) is 30.7 Å². The lowest BCUT2D eigenvalue weighted by molar-refractivity contribution is 0.117. The molecule has 1 saturated heterocycles. The molecule has 1 aromatic carbocycles. The van der Waals surface area contributed by atoms with Crippen molar-refractivity contribution < 1.29 is 4.74 Å². The zero-order chi connectivity index (χ0) is 13.0. The van der Waals surface area contributed by atoms with Gasteiger partial charge in [-0.3, -0.25) is 0 Å². The fraction of sp³-hybridized carbons (Fsp3) is 0.600. The molecule has 0 bridgehead atoms. The fourth-order valence-electron chi connectivity index (χ4n) is 2.64. The van der Waals surface area contributed by atoms with Crippen molar-refractivity contribution in [2.24, 2.45) is 5.92 Å². The Morgan fingerprint density at radius 2 is 2.33 bits per heavy atom. The van der Waals surface area contributed by atoms with Crippen molar-refractivity contribution >= 4 is 11.6 Å². The molecule has 0 aliphatic carbocycles. The maximum atomic E-state index is 6.10. The molecule has 0 spiro atoms. The lowest BCUT2D eigenvalue weighted by Gasteiger charge is -2.24. The van der Waals surface area contributed by atoms with Crippen LogP contribution in [0.4, 0.5) is 0 Å². The third-order valence-electron chi connectivity index (χ3n) is 3.52. The quantitative estimate of drug-likeness (QED) is 0.876. The molecule has 0 saturated carbocycles. The van der Waals surface area contributed by atoms with E-state index in [9.17, 15) is 0 Å². The maximum absolute atomic E-state index is 6.10. The number of halogens is 1. The lowest BCUT2D eigenvalue weighted by atomic mass is 9.91. The first kappa shape index (κ1) is 13.9. The van der Waals surface area contributed by atoms with Crippen LogP contribution in [0.1, 0.15) is 38.3 Å². The molecule has 0 radical (unpaired) electrons. The van der Waals surface area contributed by atoms with E-state index < -0.39 is 0 Å². The van der Waals surface area contributed by atoms with Crippen molar-refractivity contribution in [3.05, 3.63) is 34.9 Å². The molecule has 2 nitrogen and oxygen atoms in total. The number of rotatable bonds is 5. The second kappa shape index (κ2) is 6.55. The Bertz CT molecular complexity index is 383. The van der Waals surface area contributed by atoms with Gasteiger partial charge in [0.2, 0.25) is 0 Å². The Balaban J connectivity index is 2.14. The van der Waals surface area contributed by atoms with Gasteiger partial charge in [0.1, 0.15) is 0 Å². The van der Waals surface area contributed by atoms with Gasteiger partial charge in [0, 0.05) is 17.0 Å². The predicted octanol–water partition coefficient (Wildman–Crippen LogP) is 3.81. The van der Waals surface area contributed by atoms with Crippen molar-refractivity contribution in [3.8, 4) is 0 Å². The standard InChI is InChI=1S/C15H22ClNO/c1-3-7-17-15(13-8-11(2)18-10-13)12-5-4-6-14(16)9-12/h4-6,9,11,13,15,17H,3,7-8,10H2,1-2H3. The van der Waals surface area contributed by atoms with E-state index >= 15 is 0 Å². The van der Waals surface area contributed by atoms with Crippen molar-refractivity contribution in [3.63, 3.8) is 0 Å². The van der Waals surface area contributed by atoms with Crippen LogP contribution in [0.5, 0.6) is 0 Å². The molecule has 1 N–H and O–H groups in total. The Hall–Kier alpha value is -0.570. The molecule has 1 fully saturated rings. The van der Waals surface area contributed by atoms with E-state index in [1.54, 1.807) is 0 Å². The van der Waals surface area contributed by atoms with E-state index in [2.05, 4.69) is 31.3 Å². The first-order valence-electron chi connectivity index (χ1n) is 6.81. The summed E-state index contributed by atoms with van der Waals surface area (Å²) >= 11 is 6.10. The van der Waals surface area contributed by atoms with Crippen molar-refractivity contribution in [1.82, 2.24) is 5.32 Å². The summed E-state index contributed by atoms with van der Waals surface area (Å²) < 4.78 is 5.71. The minimum atomic E-state index is 0.355. The monoisotopic (exact) mass is 267 g/mol. The minimum absolute atomic E-state index is 0.355. The van der Waals surface area contributed by atoms with Gasteiger partial charge in [-0.2, -0.15) is 0 Å². The summed E-state index contributed by atoms with van der Waals surface area (Å²) in [5.74, 6) is 0.546. The third kappa shape index (κ3) is 3.47. The largest absolute Gasteiger partial charge is 0.378 e. The van der Waals surface area contributed by atoms with Gasteiger partial charge in [0.15, 0.2) is 0 Å². The topological polar surface area (TPSA) is 21.3 Å². The molecular formula is C15H22ClNO. The molecule has 100 valence electrons. The van der Waals surface area contributed by atoms with Crippen LogP contribution in [-0.2, 0) is 4.74 Å². The average Bonchev–Trinajstić information content (AvgIpc) is 2.76. The molecule has 0 aromatic heterocycles. The molecule has 3 heteroatoms. The van der Waals surface area contributed by atoms with Gasteiger partial charge < -0.3 is 10.1 Å². The van der Waals surface area contributed by atoms with Crippen LogP contribution < -0.4 is 5.32 Å². The highest BCUT2D eigenvalue weighted by Gasteiger charge is 2.30. The Morgan fingerprint density at radius 3 is 2.94 bits per heavy atom. The SMILES string of the molecule is CCCNC(c1cccc(Cl)c1)C1COC(C)C1. The second-order valence-electron chi connectivity index (χ2n) is 5.13. The van der Waals surface area contributed by atoms with E-state index in [4.69, 9.17) is 16.3 Å². The number of benzene rings is 1. The molecule has 1 aromatic rings. The number of hydrogen-bond donors (Lipinski definition) is 1. The van der Waals surface area contributed by atoms with Gasteiger partial charge >= 0.3 is 0 Å². The Morgan fingerprint density at radius 1 is 1.50 bits per heavy atom. The summed E-state index contributed by atoms with van der Waals surface area (Å²) in [5.41, 5.74) is 1.28. The Labute approximate surface area is 115 Å². The molecule has 0 amide bonds. The van der Waals surface area contributed by atoms with Crippen LogP contribution in [0.3, 0.4) is 0 Å². The molecule has 1 aliphatic rings. The molecule has 1 aliphatic heterocycles. The van der Waals surface area contributed by atoms with Gasteiger partial charge in [-0.15, -0.1) is 0 Å². The molecule has 2 rings (SSSR count). The molecule has 3 atom stereocenters. The van der Waals surface area contributed by atoms with E-state index in [0.717, 1.165) is 31.0 Å². The highest BCUT2D eigenvalue weighted by molar-refractivity contribution is 6.30. The lowest BCUT2D eigenvalue weighted by Crippen LogP contribution is -2.29. The molecular weight excluding hydrogens is 246 g/mol. The summed E-state index contributed by atoms with van der Waals surface area (Å²) in [6.45, 7) is 6.21. The number of hydrogen-bond acceptors (Lipinski definition) is 2. The Kier molecular flexibility index (Phi) is 5.04. The molecule has 18 heavy (non-hydrogen) atoms. The summed E-state index contributed by atoms with van der Waals surface area (Å²) in [6.07, 6.45) is 2.63. The van der Waals surface area contributed by atoms with E-state index in [0.29, 0.717) is 18.1 Å². The van der Waals surface area contributed by atoms with Gasteiger partial charge in [0.25, 0.3) is 0 Å². The van der Waals surface area contributed by atoms with Crippen LogP contribution in [-0.4, -0.2) is 19.3 Å². The normalized spacial score (nSPS) is 25.3. The third-order valence-corrected chi connectivity index (χ3v) is 3.76. The summed E-state index contributed by atoms with van der Waals surface area (Å²) in [6, 6.07) is 8.53. The summed E-state index contributed by atoms with van der Waals surface area (Å²) in [4.78, 5) is 0. The van der Waals surface area contributed by atoms with Crippen molar-refractivity contribution in [2.75, 3.05) is 13.2 Å². The smallest absolute Gasteiger partial charge is 0.0551 e. The van der Waals surface area contributed by atoms with Crippen LogP contribution in [0.25, 0.3) is 0 Å². The second-order valence-corrected chi connectivity index (χ2v) is 5.56. The molecule has 1 heterocycles. The van der Waals surface area contributed by atoms with Crippen molar-refractivity contribution in [1.29, 1.82) is 0 Å². The number of ether oxygens (including phenoxy) is 1. The maximum Gasteiger partial charge on any atom is 0.0551 e. The first-order chi connectivity index (χ1) is 8.70. The summed E-state index contributed by atoms with van der Waals surface area (Å²) in [7, 11) is 0. The summed E-state index contributed by atoms with van der Waals surface area (Å²) in [5, 5.41) is 4.44. The van der Waals surface area contributed by atoms with E-state index in [-0.39, 0.29) is 0 Å². The van der Waals surface area contributed by atoms with Gasteiger partial charge in [0.05, 0.1) is 12.7 Å². The highest BCUT2D eigenvalue weighted by Crippen LogP contribution is 2.32. The van der Waals surface area contributed by atoms with Crippen LogP contribution >= 0.6 is 11.6 Å². The predicted molar refractivity (Wildman–Crippen MR) is 76.0 cm³/mol. The van der Waals surface area contributed by atoms with Gasteiger partial charge in [-0.25, -0.2) is 0 Å². The van der Waals surface area contributed by atoms with Gasteiger partial charge in [-0.05, 0) is 44.0 Å². The zero-order valence-electron chi connectivity index (χ0n) is 11.2. The van der Waals surface area contributed by atoms with Crippen LogP contribution in [0, 0.1) is 5.92 Å². The fourth-order valence-corrected chi connectivity index (χ4v) is 2.84. The van der Waals surface area contributed by atoms with Crippen molar-refractivity contribution in [2.45, 2.75) is 38.8 Å².